The quantitative estimate of drug-likeness (QED) is 0.368. The maximum absolute atomic E-state index is 5.38. The molecule has 1 rings (SSSR count). The molecular weight excluding hydrogens is 308 g/mol. The highest BCUT2D eigenvalue weighted by atomic mass is 35.5. The molecule has 0 atom stereocenters. The first-order valence-electron chi connectivity index (χ1n) is 8.55. The molecule has 0 heterocycles. The van der Waals surface area contributed by atoms with Gasteiger partial charge in [0.05, 0.1) is 0 Å². The summed E-state index contributed by atoms with van der Waals surface area (Å²) in [4.78, 5) is 0. The third kappa shape index (κ3) is 8.48. The molecule has 0 saturated heterocycles. The number of hydrogen-bond donors (Lipinski definition) is 0. The highest BCUT2D eigenvalue weighted by Crippen LogP contribution is 2.32. The van der Waals surface area contributed by atoms with Gasteiger partial charge < -0.3 is 0 Å². The third-order valence-corrected chi connectivity index (χ3v) is 4.00. The van der Waals surface area contributed by atoms with Crippen molar-refractivity contribution in [3.8, 4) is 0 Å². The fourth-order valence-corrected chi connectivity index (χ4v) is 2.81. The van der Waals surface area contributed by atoms with Crippen molar-refractivity contribution in [1.29, 1.82) is 0 Å². The van der Waals surface area contributed by atoms with Gasteiger partial charge in [-0.05, 0) is 40.9 Å². The van der Waals surface area contributed by atoms with E-state index in [1.54, 1.807) is 5.56 Å². The summed E-state index contributed by atoms with van der Waals surface area (Å²) in [5.74, 6) is 2.71. The van der Waals surface area contributed by atoms with Crippen molar-refractivity contribution < 1.29 is 0 Å². The van der Waals surface area contributed by atoms with Crippen LogP contribution in [0.5, 0.6) is 0 Å². The van der Waals surface area contributed by atoms with Crippen molar-refractivity contribution in [3.05, 3.63) is 34.9 Å². The molecule has 0 aromatic heterocycles. The van der Waals surface area contributed by atoms with Crippen LogP contribution in [-0.2, 0) is 0 Å². The molecule has 0 aliphatic rings. The molecule has 0 N–H and O–H groups in total. The van der Waals surface area contributed by atoms with E-state index < -0.39 is 0 Å². The van der Waals surface area contributed by atoms with Crippen LogP contribution in [-0.4, -0.2) is 5.88 Å². The smallest absolute Gasteiger partial charge is 0.0223 e. The van der Waals surface area contributed by atoms with Crippen LogP contribution in [0.3, 0.4) is 0 Å². The maximum atomic E-state index is 5.38. The standard InChI is InChI=1S/C15H24.C5H11Cl.H2S/c1-10(2)13-8-7-9-14(11(3)4)15(13)12(5)6;1-2-3-4-5-6;/h7-12H,1-6H3;2-5H2,1H3;1H2. The molecule has 2 heteroatoms. The van der Waals surface area contributed by atoms with Gasteiger partial charge in [0.2, 0.25) is 0 Å². The topological polar surface area (TPSA) is 0 Å². The molecule has 0 bridgehead atoms. The summed E-state index contributed by atoms with van der Waals surface area (Å²) < 4.78 is 0. The lowest BCUT2D eigenvalue weighted by Gasteiger charge is -2.22. The Morgan fingerprint density at radius 2 is 1.27 bits per heavy atom. The maximum Gasteiger partial charge on any atom is 0.0223 e. The zero-order chi connectivity index (χ0) is 16.4. The van der Waals surface area contributed by atoms with Crippen LogP contribution in [0.15, 0.2) is 18.2 Å². The second kappa shape index (κ2) is 13.3. The number of hydrogen-bond acceptors (Lipinski definition) is 0. The highest BCUT2D eigenvalue weighted by Gasteiger charge is 2.15. The van der Waals surface area contributed by atoms with Gasteiger partial charge in [-0.1, -0.05) is 79.5 Å². The first-order chi connectivity index (χ1) is 9.86. The van der Waals surface area contributed by atoms with Crippen LogP contribution < -0.4 is 0 Å². The average molecular weight is 345 g/mol. The summed E-state index contributed by atoms with van der Waals surface area (Å²) in [5.41, 5.74) is 4.62. The van der Waals surface area contributed by atoms with Crippen molar-refractivity contribution in [2.24, 2.45) is 0 Å². The van der Waals surface area contributed by atoms with Crippen LogP contribution in [0, 0.1) is 0 Å². The molecule has 1 aromatic rings. The van der Waals surface area contributed by atoms with Gasteiger partial charge in [-0.2, -0.15) is 13.5 Å². The minimum absolute atomic E-state index is 0. The van der Waals surface area contributed by atoms with Gasteiger partial charge in [0.25, 0.3) is 0 Å². The Bertz CT molecular complexity index is 353. The summed E-state index contributed by atoms with van der Waals surface area (Å²) in [5, 5.41) is 0. The zero-order valence-electron chi connectivity index (χ0n) is 15.7. The number of unbranched alkanes of at least 4 members (excludes halogenated alkanes) is 2. The largest absolute Gasteiger partial charge is 0.197 e. The molecule has 0 fully saturated rings. The summed E-state index contributed by atoms with van der Waals surface area (Å²) in [6, 6.07) is 6.77. The van der Waals surface area contributed by atoms with E-state index in [2.05, 4.69) is 66.7 Å². The Morgan fingerprint density at radius 3 is 1.50 bits per heavy atom. The Morgan fingerprint density at radius 1 is 0.818 bits per heavy atom. The van der Waals surface area contributed by atoms with E-state index in [-0.39, 0.29) is 13.5 Å². The van der Waals surface area contributed by atoms with Crippen LogP contribution >= 0.6 is 25.1 Å². The fraction of sp³-hybridized carbons (Fsp3) is 0.700. The summed E-state index contributed by atoms with van der Waals surface area (Å²) in [6.45, 7) is 15.9. The Kier molecular flexibility index (Phi) is 14.6. The van der Waals surface area contributed by atoms with Gasteiger partial charge in [-0.3, -0.25) is 0 Å². The monoisotopic (exact) mass is 344 g/mol. The Hall–Kier alpha value is -0.140. The van der Waals surface area contributed by atoms with Crippen LogP contribution in [0.4, 0.5) is 0 Å². The van der Waals surface area contributed by atoms with Crippen LogP contribution in [0.25, 0.3) is 0 Å². The van der Waals surface area contributed by atoms with Crippen molar-refractivity contribution >= 4 is 25.1 Å². The molecule has 130 valence electrons. The summed E-state index contributed by atoms with van der Waals surface area (Å²) >= 11 is 5.38. The fourth-order valence-electron chi connectivity index (χ4n) is 2.62. The molecule has 0 spiro atoms. The van der Waals surface area contributed by atoms with Crippen molar-refractivity contribution in [2.75, 3.05) is 5.88 Å². The van der Waals surface area contributed by atoms with Gasteiger partial charge in [-0.25, -0.2) is 0 Å². The molecule has 0 saturated carbocycles. The van der Waals surface area contributed by atoms with E-state index in [0.717, 1.165) is 5.88 Å². The van der Waals surface area contributed by atoms with Crippen LogP contribution in [0.1, 0.15) is 102 Å². The number of halogens is 1. The second-order valence-electron chi connectivity index (χ2n) is 6.71. The molecule has 1 aromatic carbocycles. The normalized spacial score (nSPS) is 10.5. The van der Waals surface area contributed by atoms with Gasteiger partial charge in [0.1, 0.15) is 0 Å². The SMILES string of the molecule is CC(C)c1cccc(C(C)C)c1C(C)C.CCCCCCl.S. The number of alkyl halides is 1. The minimum Gasteiger partial charge on any atom is -0.197 e. The van der Waals surface area contributed by atoms with Gasteiger partial charge in [0.15, 0.2) is 0 Å². The average Bonchev–Trinajstić information content (AvgIpc) is 2.44. The molecule has 0 nitrogen and oxygen atoms in total. The second-order valence-corrected chi connectivity index (χ2v) is 7.09. The van der Waals surface area contributed by atoms with E-state index in [0.29, 0.717) is 17.8 Å². The Labute approximate surface area is 151 Å². The molecule has 0 amide bonds. The molecule has 22 heavy (non-hydrogen) atoms. The zero-order valence-corrected chi connectivity index (χ0v) is 17.4. The van der Waals surface area contributed by atoms with Gasteiger partial charge >= 0.3 is 0 Å². The van der Waals surface area contributed by atoms with Crippen LogP contribution in [0.2, 0.25) is 0 Å². The van der Waals surface area contributed by atoms with Crippen molar-refractivity contribution in [2.45, 2.75) is 85.5 Å². The lowest BCUT2D eigenvalue weighted by atomic mass is 9.83. The van der Waals surface area contributed by atoms with E-state index in [9.17, 15) is 0 Å². The molecule has 0 aliphatic heterocycles. The lowest BCUT2D eigenvalue weighted by molar-refractivity contribution is 0.748. The molecular formula is C20H37ClS. The van der Waals surface area contributed by atoms with E-state index in [1.165, 1.54) is 30.4 Å². The van der Waals surface area contributed by atoms with Gasteiger partial charge in [-0.15, -0.1) is 11.6 Å². The van der Waals surface area contributed by atoms with Gasteiger partial charge in [0, 0.05) is 5.88 Å². The molecule has 0 radical (unpaired) electrons. The summed E-state index contributed by atoms with van der Waals surface area (Å²) in [6.07, 6.45) is 3.73. The molecule has 0 unspecified atom stereocenters. The lowest BCUT2D eigenvalue weighted by Crippen LogP contribution is -2.04. The predicted octanol–water partition coefficient (Wildman–Crippen LogP) is 7.59. The predicted molar refractivity (Wildman–Crippen MR) is 109 cm³/mol. The highest BCUT2D eigenvalue weighted by molar-refractivity contribution is 7.59. The van der Waals surface area contributed by atoms with E-state index >= 15 is 0 Å². The first-order valence-corrected chi connectivity index (χ1v) is 9.08. The third-order valence-electron chi connectivity index (χ3n) is 3.73. The molecule has 0 aliphatic carbocycles. The van der Waals surface area contributed by atoms with E-state index in [4.69, 9.17) is 11.6 Å². The minimum atomic E-state index is 0. The van der Waals surface area contributed by atoms with E-state index in [1.807, 2.05) is 0 Å². The van der Waals surface area contributed by atoms with Crippen molar-refractivity contribution in [1.82, 2.24) is 0 Å². The Balaban J connectivity index is 0. The van der Waals surface area contributed by atoms with Crippen molar-refractivity contribution in [3.63, 3.8) is 0 Å². The number of benzene rings is 1. The first kappa shape index (κ1) is 24.1. The number of rotatable bonds is 6. The summed E-state index contributed by atoms with van der Waals surface area (Å²) in [7, 11) is 0.